The van der Waals surface area contributed by atoms with Crippen molar-refractivity contribution in [2.75, 3.05) is 44.3 Å². The summed E-state index contributed by atoms with van der Waals surface area (Å²) in [5.41, 5.74) is 0.507. The molecule has 2 aliphatic rings. The van der Waals surface area contributed by atoms with Crippen molar-refractivity contribution in [3.05, 3.63) is 44.9 Å². The fourth-order valence-corrected chi connectivity index (χ4v) is 4.63. The summed E-state index contributed by atoms with van der Waals surface area (Å²) in [5.74, 6) is 1.90. The van der Waals surface area contributed by atoms with E-state index in [1.165, 1.54) is 11.3 Å². The first kappa shape index (κ1) is 18.9. The van der Waals surface area contributed by atoms with E-state index < -0.39 is 0 Å². The largest absolute Gasteiger partial charge is 0.486 e. The number of carbonyl (C=O) groups excluding carboxylic acids is 1. The lowest BCUT2D eigenvalue weighted by molar-refractivity contribution is 0.0751. The van der Waals surface area contributed by atoms with Crippen LogP contribution in [0.2, 0.25) is 0 Å². The van der Waals surface area contributed by atoms with Gasteiger partial charge in [0.15, 0.2) is 11.5 Å². The standard InChI is InChI=1S/C21H22N4O4S/c1-2-25-19(26)14-12-16-17(29-10-9-28-16)13-15(14)22-21(25)24-7-5-23(6-8-24)20(27)18-4-3-11-30-18/h3-4,11-13H,2,5-10H2,1H3. The van der Waals surface area contributed by atoms with Crippen molar-refractivity contribution >= 4 is 34.1 Å². The number of ether oxygens (including phenoxy) is 2. The number of carbonyl (C=O) groups is 1. The van der Waals surface area contributed by atoms with Gasteiger partial charge in [0.1, 0.15) is 13.2 Å². The third kappa shape index (κ3) is 3.19. The van der Waals surface area contributed by atoms with Crippen LogP contribution >= 0.6 is 11.3 Å². The van der Waals surface area contributed by atoms with Crippen LogP contribution in [-0.4, -0.2) is 59.8 Å². The number of rotatable bonds is 3. The third-order valence-corrected chi connectivity index (χ3v) is 6.35. The van der Waals surface area contributed by atoms with Crippen LogP contribution in [0, 0.1) is 0 Å². The highest BCUT2D eigenvalue weighted by atomic mass is 32.1. The van der Waals surface area contributed by atoms with Gasteiger partial charge in [-0.25, -0.2) is 4.98 Å². The lowest BCUT2D eigenvalue weighted by Crippen LogP contribution is -2.50. The lowest BCUT2D eigenvalue weighted by atomic mass is 10.2. The molecule has 0 unspecified atom stereocenters. The van der Waals surface area contributed by atoms with Gasteiger partial charge in [-0.3, -0.25) is 14.2 Å². The molecule has 0 spiro atoms. The SMILES string of the molecule is CCn1c(N2CCN(C(=O)c3cccs3)CC2)nc2cc3c(cc2c1=O)OCCO3. The molecule has 4 heterocycles. The van der Waals surface area contributed by atoms with Gasteiger partial charge in [0.2, 0.25) is 5.95 Å². The monoisotopic (exact) mass is 426 g/mol. The Morgan fingerprint density at radius 3 is 2.53 bits per heavy atom. The zero-order valence-corrected chi connectivity index (χ0v) is 17.5. The number of anilines is 1. The first-order valence-corrected chi connectivity index (χ1v) is 11.0. The summed E-state index contributed by atoms with van der Waals surface area (Å²) in [6.45, 7) is 5.84. The number of hydrogen-bond acceptors (Lipinski definition) is 7. The second-order valence-corrected chi connectivity index (χ2v) is 8.18. The van der Waals surface area contributed by atoms with E-state index in [4.69, 9.17) is 14.5 Å². The molecule has 8 nitrogen and oxygen atoms in total. The minimum Gasteiger partial charge on any atom is -0.486 e. The number of thiophene rings is 1. The average molecular weight is 426 g/mol. The van der Waals surface area contributed by atoms with Crippen LogP contribution in [-0.2, 0) is 6.54 Å². The van der Waals surface area contributed by atoms with Crippen molar-refractivity contribution in [1.82, 2.24) is 14.5 Å². The number of benzene rings is 1. The average Bonchev–Trinajstić information content (AvgIpc) is 3.32. The van der Waals surface area contributed by atoms with Crippen molar-refractivity contribution < 1.29 is 14.3 Å². The van der Waals surface area contributed by atoms with E-state index in [2.05, 4.69) is 4.90 Å². The van der Waals surface area contributed by atoms with Gasteiger partial charge in [-0.05, 0) is 24.4 Å². The van der Waals surface area contributed by atoms with E-state index in [-0.39, 0.29) is 11.5 Å². The van der Waals surface area contributed by atoms with Gasteiger partial charge < -0.3 is 19.3 Å². The Balaban J connectivity index is 1.45. The molecule has 0 aliphatic carbocycles. The molecule has 0 saturated carbocycles. The first-order chi connectivity index (χ1) is 14.7. The third-order valence-electron chi connectivity index (χ3n) is 5.50. The van der Waals surface area contributed by atoms with Gasteiger partial charge in [-0.2, -0.15) is 0 Å². The van der Waals surface area contributed by atoms with Crippen molar-refractivity contribution in [2.24, 2.45) is 0 Å². The minimum absolute atomic E-state index is 0.0628. The Morgan fingerprint density at radius 2 is 1.87 bits per heavy atom. The lowest BCUT2D eigenvalue weighted by Gasteiger charge is -2.36. The van der Waals surface area contributed by atoms with E-state index in [9.17, 15) is 9.59 Å². The second-order valence-electron chi connectivity index (χ2n) is 7.23. The molecular formula is C21H22N4O4S. The molecule has 9 heteroatoms. The highest BCUT2D eigenvalue weighted by molar-refractivity contribution is 7.12. The van der Waals surface area contributed by atoms with Gasteiger partial charge in [-0.15, -0.1) is 11.3 Å². The molecule has 3 aromatic rings. The Labute approximate surface area is 177 Å². The molecule has 2 aromatic heterocycles. The molecule has 0 bridgehead atoms. The summed E-state index contributed by atoms with van der Waals surface area (Å²) in [5, 5.41) is 2.44. The predicted octanol–water partition coefficient (Wildman–Crippen LogP) is 2.21. The zero-order valence-electron chi connectivity index (χ0n) is 16.7. The zero-order chi connectivity index (χ0) is 20.7. The summed E-state index contributed by atoms with van der Waals surface area (Å²) in [4.78, 5) is 35.3. The molecule has 1 saturated heterocycles. The van der Waals surface area contributed by atoms with Gasteiger partial charge >= 0.3 is 0 Å². The molecule has 0 radical (unpaired) electrons. The maximum absolute atomic E-state index is 13.2. The molecule has 1 amide bonds. The van der Waals surface area contributed by atoms with Crippen LogP contribution < -0.4 is 19.9 Å². The number of aromatic nitrogens is 2. The number of hydrogen-bond donors (Lipinski definition) is 0. The van der Waals surface area contributed by atoms with Crippen LogP contribution in [0.25, 0.3) is 10.9 Å². The van der Waals surface area contributed by atoms with Gasteiger partial charge in [-0.1, -0.05) is 6.07 Å². The van der Waals surface area contributed by atoms with Crippen molar-refractivity contribution in [2.45, 2.75) is 13.5 Å². The Morgan fingerprint density at radius 1 is 1.13 bits per heavy atom. The van der Waals surface area contributed by atoms with Crippen LogP contribution in [0.15, 0.2) is 34.4 Å². The van der Waals surface area contributed by atoms with E-state index in [0.29, 0.717) is 74.3 Å². The topological polar surface area (TPSA) is 76.9 Å². The van der Waals surface area contributed by atoms with E-state index in [1.54, 1.807) is 16.7 Å². The quantitative estimate of drug-likeness (QED) is 0.639. The minimum atomic E-state index is -0.0911. The molecule has 156 valence electrons. The summed E-state index contributed by atoms with van der Waals surface area (Å²) in [7, 11) is 0. The van der Waals surface area contributed by atoms with Crippen LogP contribution in [0.3, 0.4) is 0 Å². The van der Waals surface area contributed by atoms with E-state index >= 15 is 0 Å². The Hall–Kier alpha value is -3.07. The maximum Gasteiger partial charge on any atom is 0.264 e. The van der Waals surface area contributed by atoms with E-state index in [0.717, 1.165) is 4.88 Å². The molecule has 5 rings (SSSR count). The second kappa shape index (κ2) is 7.64. The smallest absolute Gasteiger partial charge is 0.264 e. The van der Waals surface area contributed by atoms with Crippen molar-refractivity contribution in [3.63, 3.8) is 0 Å². The Bertz CT molecular complexity index is 1150. The molecule has 2 aliphatic heterocycles. The van der Waals surface area contributed by atoms with Crippen LogP contribution in [0.5, 0.6) is 11.5 Å². The molecule has 30 heavy (non-hydrogen) atoms. The summed E-state index contributed by atoms with van der Waals surface area (Å²) >= 11 is 1.46. The van der Waals surface area contributed by atoms with Gasteiger partial charge in [0, 0.05) is 38.8 Å². The van der Waals surface area contributed by atoms with Crippen LogP contribution in [0.4, 0.5) is 5.95 Å². The van der Waals surface area contributed by atoms with Gasteiger partial charge in [0.05, 0.1) is 15.8 Å². The highest BCUT2D eigenvalue weighted by Gasteiger charge is 2.26. The van der Waals surface area contributed by atoms with E-state index in [1.807, 2.05) is 29.3 Å². The molecule has 0 N–H and O–H groups in total. The predicted molar refractivity (Wildman–Crippen MR) is 115 cm³/mol. The summed E-state index contributed by atoms with van der Waals surface area (Å²) in [6.07, 6.45) is 0. The summed E-state index contributed by atoms with van der Waals surface area (Å²) in [6, 6.07) is 7.25. The summed E-state index contributed by atoms with van der Waals surface area (Å²) < 4.78 is 13.0. The van der Waals surface area contributed by atoms with Crippen molar-refractivity contribution in [1.29, 1.82) is 0 Å². The number of fused-ring (bicyclic) bond motifs is 2. The maximum atomic E-state index is 13.2. The fraction of sp³-hybridized carbons (Fsp3) is 0.381. The number of amides is 1. The highest BCUT2D eigenvalue weighted by Crippen LogP contribution is 2.33. The number of nitrogens with zero attached hydrogens (tertiary/aromatic N) is 4. The van der Waals surface area contributed by atoms with Crippen LogP contribution in [0.1, 0.15) is 16.6 Å². The first-order valence-electron chi connectivity index (χ1n) is 10.1. The fourth-order valence-electron chi connectivity index (χ4n) is 3.94. The molecular weight excluding hydrogens is 404 g/mol. The molecule has 1 aromatic carbocycles. The molecule has 1 fully saturated rings. The van der Waals surface area contributed by atoms with Gasteiger partial charge in [0.25, 0.3) is 11.5 Å². The normalized spacial score (nSPS) is 16.2. The Kier molecular flexibility index (Phi) is 4.82. The van der Waals surface area contributed by atoms with Crippen molar-refractivity contribution in [3.8, 4) is 11.5 Å². The number of piperazine rings is 1. The molecule has 0 atom stereocenters.